The van der Waals surface area contributed by atoms with E-state index in [-0.39, 0.29) is 6.04 Å². The van der Waals surface area contributed by atoms with Crippen LogP contribution in [0.4, 0.5) is 5.69 Å². The van der Waals surface area contributed by atoms with Crippen molar-refractivity contribution in [2.45, 2.75) is 54.5 Å². The molecule has 0 bridgehead atoms. The lowest BCUT2D eigenvalue weighted by Crippen LogP contribution is -2.14. The molecule has 3 heteroatoms. The Kier molecular flexibility index (Phi) is 6.77. The van der Waals surface area contributed by atoms with E-state index in [1.807, 2.05) is 0 Å². The molecule has 0 fully saturated rings. The predicted octanol–water partition coefficient (Wildman–Crippen LogP) is 10.7. The number of rotatable bonds is 4. The molecule has 6 aromatic rings. The fourth-order valence-electron chi connectivity index (χ4n) is 6.96. The van der Waals surface area contributed by atoms with E-state index in [2.05, 4.69) is 155 Å². The Morgan fingerprint density at radius 3 is 1.82 bits per heavy atom. The lowest BCUT2D eigenvalue weighted by atomic mass is 9.95. The van der Waals surface area contributed by atoms with E-state index in [4.69, 9.17) is 4.98 Å². The van der Waals surface area contributed by atoms with Gasteiger partial charge in [-0.05, 0) is 118 Å². The first-order valence-electron chi connectivity index (χ1n) is 15.5. The molecule has 3 heterocycles. The Bertz CT molecular complexity index is 2130. The first-order chi connectivity index (χ1) is 21.2. The number of nitrogens with zero attached hydrogens (tertiary/aromatic N) is 2. The van der Waals surface area contributed by atoms with Crippen molar-refractivity contribution in [1.82, 2.24) is 9.55 Å². The van der Waals surface area contributed by atoms with Crippen LogP contribution in [0.2, 0.25) is 0 Å². The van der Waals surface area contributed by atoms with Gasteiger partial charge in [-0.1, -0.05) is 83.4 Å². The van der Waals surface area contributed by atoms with Gasteiger partial charge in [0.25, 0.3) is 0 Å². The van der Waals surface area contributed by atoms with Crippen LogP contribution < -0.4 is 5.32 Å². The third-order valence-electron chi connectivity index (χ3n) is 9.15. The molecule has 1 aliphatic rings. The first-order valence-corrected chi connectivity index (χ1v) is 15.5. The molecule has 1 atom stereocenters. The Morgan fingerprint density at radius 1 is 0.591 bits per heavy atom. The van der Waals surface area contributed by atoms with Crippen LogP contribution in [-0.4, -0.2) is 9.55 Å². The number of hydrogen-bond acceptors (Lipinski definition) is 2. The summed E-state index contributed by atoms with van der Waals surface area (Å²) in [7, 11) is 0. The van der Waals surface area contributed by atoms with Crippen LogP contribution >= 0.6 is 0 Å². The summed E-state index contributed by atoms with van der Waals surface area (Å²) >= 11 is 0. The third-order valence-corrected chi connectivity index (χ3v) is 9.15. The monoisotopic (exact) mass is 573 g/mol. The number of aryl methyl sites for hydroxylation is 7. The van der Waals surface area contributed by atoms with Gasteiger partial charge in [0.05, 0.1) is 28.6 Å². The zero-order valence-corrected chi connectivity index (χ0v) is 26.7. The van der Waals surface area contributed by atoms with E-state index >= 15 is 0 Å². The van der Waals surface area contributed by atoms with Gasteiger partial charge in [0.2, 0.25) is 0 Å². The highest BCUT2D eigenvalue weighted by atomic mass is 15.1. The zero-order valence-electron chi connectivity index (χ0n) is 26.7. The lowest BCUT2D eigenvalue weighted by molar-refractivity contribution is 0.953. The molecule has 0 spiro atoms. The van der Waals surface area contributed by atoms with E-state index in [1.54, 1.807) is 0 Å². The van der Waals surface area contributed by atoms with E-state index in [0.717, 1.165) is 33.8 Å². The van der Waals surface area contributed by atoms with Crippen molar-refractivity contribution in [3.05, 3.63) is 141 Å². The highest BCUT2D eigenvalue weighted by molar-refractivity contribution is 5.99. The summed E-state index contributed by atoms with van der Waals surface area (Å²) in [5, 5.41) is 3.90. The maximum atomic E-state index is 5.35. The van der Waals surface area contributed by atoms with Gasteiger partial charge in [-0.25, -0.2) is 4.98 Å². The van der Waals surface area contributed by atoms with Gasteiger partial charge in [-0.15, -0.1) is 0 Å². The minimum atomic E-state index is 0.0716. The van der Waals surface area contributed by atoms with Gasteiger partial charge in [-0.3, -0.25) is 0 Å². The largest absolute Gasteiger partial charge is 0.371 e. The van der Waals surface area contributed by atoms with E-state index in [0.29, 0.717) is 0 Å². The van der Waals surface area contributed by atoms with Gasteiger partial charge < -0.3 is 9.88 Å². The molecule has 44 heavy (non-hydrogen) atoms. The number of pyridine rings is 1. The Hall–Kier alpha value is -4.89. The molecule has 0 saturated carbocycles. The molecule has 0 radical (unpaired) electrons. The zero-order chi connectivity index (χ0) is 30.7. The maximum Gasteiger partial charge on any atom is 0.113 e. The lowest BCUT2D eigenvalue weighted by Gasteiger charge is -2.23. The highest BCUT2D eigenvalue weighted by Gasteiger charge is 2.25. The van der Waals surface area contributed by atoms with Crippen LogP contribution in [-0.2, 0) is 0 Å². The van der Waals surface area contributed by atoms with E-state index in [9.17, 15) is 0 Å². The molecular formula is C41H39N3. The smallest absolute Gasteiger partial charge is 0.113 e. The molecule has 4 aromatic carbocycles. The molecule has 1 N–H and O–H groups in total. The average molecular weight is 574 g/mol. The second-order valence-corrected chi connectivity index (χ2v) is 12.6. The van der Waals surface area contributed by atoms with Crippen LogP contribution in [0.15, 0.2) is 91.0 Å². The van der Waals surface area contributed by atoms with Gasteiger partial charge in [0.1, 0.15) is 5.52 Å². The molecule has 218 valence electrons. The summed E-state index contributed by atoms with van der Waals surface area (Å²) in [5.41, 5.74) is 20.4. The minimum Gasteiger partial charge on any atom is -0.371 e. The van der Waals surface area contributed by atoms with Crippen molar-refractivity contribution in [1.29, 1.82) is 0 Å². The summed E-state index contributed by atoms with van der Waals surface area (Å²) < 4.78 is 2.37. The number of fused-ring (bicyclic) bond motifs is 3. The summed E-state index contributed by atoms with van der Waals surface area (Å²) in [4.78, 5) is 5.35. The van der Waals surface area contributed by atoms with Gasteiger partial charge >= 0.3 is 0 Å². The summed E-state index contributed by atoms with van der Waals surface area (Å²) in [6, 6.07) is 31.4. The van der Waals surface area contributed by atoms with Crippen molar-refractivity contribution < 1.29 is 0 Å². The second kappa shape index (κ2) is 10.7. The topological polar surface area (TPSA) is 29.9 Å². The van der Waals surface area contributed by atoms with Gasteiger partial charge in [0, 0.05) is 11.3 Å². The maximum absolute atomic E-state index is 5.35. The third kappa shape index (κ3) is 4.73. The molecule has 3 nitrogen and oxygen atoms in total. The van der Waals surface area contributed by atoms with Crippen LogP contribution in [0.5, 0.6) is 0 Å². The standard InChI is InChI=1S/C41H39N3/c1-24-8-12-32(27(4)20-24)33-15-11-31(23-30(33)7)44-38-18-16-36(34-13-9-25(2)21-28(34)5)42-40(38)41-39(44)19-17-37(43-41)35-14-10-26(3)22-29(35)6/h8-23,36,42H,1-7H3. The average Bonchev–Trinajstić information content (AvgIpc) is 3.30. The molecule has 0 amide bonds. The van der Waals surface area contributed by atoms with Crippen molar-refractivity contribution in [2.24, 2.45) is 0 Å². The molecule has 0 aliphatic carbocycles. The number of benzene rings is 4. The first kappa shape index (κ1) is 27.9. The minimum absolute atomic E-state index is 0.0716. The molecular weight excluding hydrogens is 534 g/mol. The highest BCUT2D eigenvalue weighted by Crippen LogP contribution is 2.42. The van der Waals surface area contributed by atoms with E-state index in [1.165, 1.54) is 61.2 Å². The summed E-state index contributed by atoms with van der Waals surface area (Å²) in [6.07, 6.45) is 4.57. The molecule has 7 rings (SSSR count). The molecule has 2 aromatic heterocycles. The molecule has 1 unspecified atom stereocenters. The number of hydrogen-bond donors (Lipinski definition) is 1. The second-order valence-electron chi connectivity index (χ2n) is 12.6. The van der Waals surface area contributed by atoms with E-state index < -0.39 is 0 Å². The quantitative estimate of drug-likeness (QED) is 0.227. The van der Waals surface area contributed by atoms with Crippen molar-refractivity contribution in [3.63, 3.8) is 0 Å². The summed E-state index contributed by atoms with van der Waals surface area (Å²) in [5.74, 6) is 0. The summed E-state index contributed by atoms with van der Waals surface area (Å²) in [6.45, 7) is 15.2. The normalized spacial score (nSPS) is 14.1. The fourth-order valence-corrected chi connectivity index (χ4v) is 6.96. The number of nitrogens with one attached hydrogen (secondary N) is 1. The SMILES string of the molecule is Cc1ccc(-c2ccc3c(n2)c2c(n3-c3ccc(-c4ccc(C)cc4C)c(C)c3)C=CC(c3ccc(C)cc3C)N2)c(C)c1. The number of aromatic nitrogens is 2. The fraction of sp³-hybridized carbons (Fsp3) is 0.195. The van der Waals surface area contributed by atoms with Crippen molar-refractivity contribution >= 4 is 22.8 Å². The number of anilines is 1. The Morgan fingerprint density at radius 2 is 1.18 bits per heavy atom. The van der Waals surface area contributed by atoms with Gasteiger partial charge in [0.15, 0.2) is 0 Å². The molecule has 0 saturated heterocycles. The Labute approximate surface area is 260 Å². The van der Waals surface area contributed by atoms with Crippen molar-refractivity contribution in [3.8, 4) is 28.1 Å². The van der Waals surface area contributed by atoms with Crippen LogP contribution in [0.25, 0.3) is 45.2 Å². The molecule has 1 aliphatic heterocycles. The van der Waals surface area contributed by atoms with Crippen molar-refractivity contribution in [2.75, 3.05) is 5.32 Å². The van der Waals surface area contributed by atoms with Gasteiger partial charge in [-0.2, -0.15) is 0 Å². The van der Waals surface area contributed by atoms with Crippen LogP contribution in [0.3, 0.4) is 0 Å². The van der Waals surface area contributed by atoms with Crippen LogP contribution in [0.1, 0.15) is 56.2 Å². The predicted molar refractivity (Wildman–Crippen MR) is 187 cm³/mol. The Balaban J connectivity index is 1.41. The van der Waals surface area contributed by atoms with Crippen LogP contribution in [0, 0.1) is 48.5 Å².